The molecule has 3 nitrogen and oxygen atoms in total. The first-order valence-electron chi connectivity index (χ1n) is 5.05. The summed E-state index contributed by atoms with van der Waals surface area (Å²) in [6, 6.07) is 2.04. The highest BCUT2D eigenvalue weighted by Gasteiger charge is 2.26. The van der Waals surface area contributed by atoms with Crippen molar-refractivity contribution in [3.05, 3.63) is 0 Å². The quantitative estimate of drug-likeness (QED) is 0.748. The van der Waals surface area contributed by atoms with Gasteiger partial charge in [-0.05, 0) is 26.2 Å². The van der Waals surface area contributed by atoms with Gasteiger partial charge in [-0.15, -0.1) is 0 Å². The molecule has 1 unspecified atom stereocenters. The van der Waals surface area contributed by atoms with Gasteiger partial charge in [0, 0.05) is 5.54 Å². The standard InChI is InChI=1S/C11H20N2O/c1-6-11(4,5)13-10(14)9(7-12)8(2)3/h8-9H,6H2,1-5H3,(H,13,14). The Hall–Kier alpha value is -1.04. The predicted molar refractivity (Wildman–Crippen MR) is 56.5 cm³/mol. The van der Waals surface area contributed by atoms with Gasteiger partial charge in [-0.25, -0.2) is 0 Å². The van der Waals surface area contributed by atoms with E-state index in [0.29, 0.717) is 0 Å². The van der Waals surface area contributed by atoms with E-state index in [-0.39, 0.29) is 17.4 Å². The highest BCUT2D eigenvalue weighted by Crippen LogP contribution is 2.13. The molecule has 0 aliphatic rings. The van der Waals surface area contributed by atoms with Gasteiger partial charge in [0.25, 0.3) is 0 Å². The van der Waals surface area contributed by atoms with E-state index in [1.165, 1.54) is 0 Å². The third-order valence-corrected chi connectivity index (χ3v) is 2.43. The minimum Gasteiger partial charge on any atom is -0.350 e. The normalized spacial score (nSPS) is 13.5. The zero-order valence-corrected chi connectivity index (χ0v) is 9.72. The summed E-state index contributed by atoms with van der Waals surface area (Å²) >= 11 is 0. The molecule has 0 aliphatic heterocycles. The topological polar surface area (TPSA) is 52.9 Å². The van der Waals surface area contributed by atoms with E-state index in [2.05, 4.69) is 5.32 Å². The van der Waals surface area contributed by atoms with Crippen molar-refractivity contribution >= 4 is 5.91 Å². The molecule has 14 heavy (non-hydrogen) atoms. The predicted octanol–water partition coefficient (Wildman–Crippen LogP) is 2.09. The molecule has 0 aromatic heterocycles. The number of nitrogens with zero attached hydrogens (tertiary/aromatic N) is 1. The summed E-state index contributed by atoms with van der Waals surface area (Å²) in [6.45, 7) is 9.69. The Balaban J connectivity index is 4.42. The molecular formula is C11H20N2O. The highest BCUT2D eigenvalue weighted by molar-refractivity contribution is 5.81. The maximum absolute atomic E-state index is 11.7. The summed E-state index contributed by atoms with van der Waals surface area (Å²) in [4.78, 5) is 11.7. The van der Waals surface area contributed by atoms with Crippen molar-refractivity contribution in [3.8, 4) is 6.07 Å². The largest absolute Gasteiger partial charge is 0.350 e. The number of hydrogen-bond donors (Lipinski definition) is 1. The lowest BCUT2D eigenvalue weighted by atomic mass is 9.94. The molecule has 0 aromatic carbocycles. The Kier molecular flexibility index (Phi) is 4.62. The number of nitriles is 1. The second-order valence-corrected chi connectivity index (χ2v) is 4.58. The van der Waals surface area contributed by atoms with Crippen LogP contribution in [0.1, 0.15) is 41.0 Å². The SMILES string of the molecule is CCC(C)(C)NC(=O)C(C#N)C(C)C. The second-order valence-electron chi connectivity index (χ2n) is 4.58. The van der Waals surface area contributed by atoms with E-state index in [0.717, 1.165) is 6.42 Å². The van der Waals surface area contributed by atoms with Crippen molar-refractivity contribution in [2.45, 2.75) is 46.6 Å². The summed E-state index contributed by atoms with van der Waals surface area (Å²) in [5, 5.41) is 11.7. The van der Waals surface area contributed by atoms with Crippen molar-refractivity contribution in [2.75, 3.05) is 0 Å². The second kappa shape index (κ2) is 4.99. The van der Waals surface area contributed by atoms with Crippen LogP contribution in [0.5, 0.6) is 0 Å². The average Bonchev–Trinajstić information content (AvgIpc) is 2.03. The molecule has 0 rings (SSSR count). The fraction of sp³-hybridized carbons (Fsp3) is 0.818. The molecule has 3 heteroatoms. The van der Waals surface area contributed by atoms with E-state index in [1.807, 2.05) is 40.7 Å². The molecule has 80 valence electrons. The fourth-order valence-corrected chi connectivity index (χ4v) is 1.01. The van der Waals surface area contributed by atoms with Gasteiger partial charge in [0.15, 0.2) is 0 Å². The monoisotopic (exact) mass is 196 g/mol. The molecule has 0 fully saturated rings. The van der Waals surface area contributed by atoms with Crippen molar-refractivity contribution in [1.29, 1.82) is 5.26 Å². The minimum atomic E-state index is -0.541. The van der Waals surface area contributed by atoms with E-state index < -0.39 is 5.92 Å². The first kappa shape index (κ1) is 13.0. The minimum absolute atomic E-state index is 0.0626. The number of hydrogen-bond acceptors (Lipinski definition) is 2. The highest BCUT2D eigenvalue weighted by atomic mass is 16.2. The summed E-state index contributed by atoms with van der Waals surface area (Å²) in [7, 11) is 0. The van der Waals surface area contributed by atoms with Crippen molar-refractivity contribution < 1.29 is 4.79 Å². The molecule has 0 spiro atoms. The van der Waals surface area contributed by atoms with Gasteiger partial charge in [-0.2, -0.15) is 5.26 Å². The Morgan fingerprint density at radius 2 is 2.00 bits per heavy atom. The smallest absolute Gasteiger partial charge is 0.238 e. The Bertz CT molecular complexity index is 238. The molecule has 0 aromatic rings. The molecule has 0 saturated heterocycles. The molecule has 1 amide bonds. The van der Waals surface area contributed by atoms with Gasteiger partial charge >= 0.3 is 0 Å². The van der Waals surface area contributed by atoms with Crippen LogP contribution in [0.2, 0.25) is 0 Å². The van der Waals surface area contributed by atoms with Gasteiger partial charge in [-0.3, -0.25) is 4.79 Å². The zero-order valence-electron chi connectivity index (χ0n) is 9.72. The average molecular weight is 196 g/mol. The van der Waals surface area contributed by atoms with E-state index in [9.17, 15) is 4.79 Å². The molecule has 1 atom stereocenters. The lowest BCUT2D eigenvalue weighted by molar-refractivity contribution is -0.126. The molecule has 0 heterocycles. The molecular weight excluding hydrogens is 176 g/mol. The number of amides is 1. The summed E-state index contributed by atoms with van der Waals surface area (Å²) in [6.07, 6.45) is 0.856. The molecule has 0 saturated carbocycles. The first-order chi connectivity index (χ1) is 6.34. The van der Waals surface area contributed by atoms with Crippen LogP contribution >= 0.6 is 0 Å². The lowest BCUT2D eigenvalue weighted by Gasteiger charge is -2.26. The van der Waals surface area contributed by atoms with Crippen LogP contribution in [-0.2, 0) is 4.79 Å². The maximum Gasteiger partial charge on any atom is 0.238 e. The van der Waals surface area contributed by atoms with Crippen LogP contribution in [-0.4, -0.2) is 11.4 Å². The van der Waals surface area contributed by atoms with E-state index in [1.54, 1.807) is 0 Å². The molecule has 1 N–H and O–H groups in total. The van der Waals surface area contributed by atoms with Crippen LogP contribution < -0.4 is 5.32 Å². The summed E-state index contributed by atoms with van der Waals surface area (Å²) in [5.74, 6) is -0.636. The van der Waals surface area contributed by atoms with Crippen molar-refractivity contribution in [1.82, 2.24) is 5.32 Å². The van der Waals surface area contributed by atoms with Gasteiger partial charge in [0.2, 0.25) is 5.91 Å². The molecule has 0 aliphatic carbocycles. The zero-order chi connectivity index (χ0) is 11.4. The van der Waals surface area contributed by atoms with Crippen LogP contribution in [0, 0.1) is 23.2 Å². The molecule has 0 radical (unpaired) electrons. The Labute approximate surface area is 86.5 Å². The maximum atomic E-state index is 11.7. The van der Waals surface area contributed by atoms with Crippen LogP contribution in [0.4, 0.5) is 0 Å². The Morgan fingerprint density at radius 3 is 2.29 bits per heavy atom. The number of carbonyl (C=O) groups excluding carboxylic acids is 1. The van der Waals surface area contributed by atoms with Crippen molar-refractivity contribution in [2.24, 2.45) is 11.8 Å². The lowest BCUT2D eigenvalue weighted by Crippen LogP contribution is -2.46. The van der Waals surface area contributed by atoms with Gasteiger partial charge in [0.1, 0.15) is 5.92 Å². The fourth-order valence-electron chi connectivity index (χ4n) is 1.01. The first-order valence-corrected chi connectivity index (χ1v) is 5.05. The number of carbonyl (C=O) groups is 1. The number of nitrogens with one attached hydrogen (secondary N) is 1. The number of rotatable bonds is 4. The van der Waals surface area contributed by atoms with E-state index >= 15 is 0 Å². The van der Waals surface area contributed by atoms with Crippen molar-refractivity contribution in [3.63, 3.8) is 0 Å². The third-order valence-electron chi connectivity index (χ3n) is 2.43. The van der Waals surface area contributed by atoms with Gasteiger partial charge in [0.05, 0.1) is 6.07 Å². The van der Waals surface area contributed by atoms with Crippen LogP contribution in [0.25, 0.3) is 0 Å². The van der Waals surface area contributed by atoms with Gasteiger partial charge in [-0.1, -0.05) is 20.8 Å². The third kappa shape index (κ3) is 3.78. The van der Waals surface area contributed by atoms with Gasteiger partial charge < -0.3 is 5.32 Å². The summed E-state index contributed by atoms with van der Waals surface area (Å²) < 4.78 is 0. The van der Waals surface area contributed by atoms with E-state index in [4.69, 9.17) is 5.26 Å². The van der Waals surface area contributed by atoms with Crippen LogP contribution in [0.15, 0.2) is 0 Å². The molecule has 0 bridgehead atoms. The Morgan fingerprint density at radius 1 is 1.50 bits per heavy atom. The van der Waals surface area contributed by atoms with Crippen LogP contribution in [0.3, 0.4) is 0 Å². The summed E-state index contributed by atoms with van der Waals surface area (Å²) in [5.41, 5.74) is -0.221.